The van der Waals surface area contributed by atoms with E-state index in [0.29, 0.717) is 24.7 Å². The van der Waals surface area contributed by atoms with Crippen molar-refractivity contribution >= 4 is 12.4 Å². The van der Waals surface area contributed by atoms with Crippen LogP contribution < -0.4 is 5.32 Å². The summed E-state index contributed by atoms with van der Waals surface area (Å²) in [6.07, 6.45) is -1.04. The highest BCUT2D eigenvalue weighted by Gasteiger charge is 2.32. The molecule has 1 unspecified atom stereocenters. The van der Waals surface area contributed by atoms with E-state index in [2.05, 4.69) is 10.3 Å². The minimum atomic E-state index is -4.56. The third-order valence-corrected chi connectivity index (χ3v) is 4.18. The van der Waals surface area contributed by atoms with Crippen molar-refractivity contribution < 1.29 is 17.6 Å². The maximum Gasteiger partial charge on any atom is 0.416 e. The summed E-state index contributed by atoms with van der Waals surface area (Å²) in [6, 6.07) is 2.63. The van der Waals surface area contributed by atoms with Crippen LogP contribution in [-0.2, 0) is 19.8 Å². The fourth-order valence-electron chi connectivity index (χ4n) is 3.03. The Morgan fingerprint density at radius 3 is 2.68 bits per heavy atom. The van der Waals surface area contributed by atoms with Crippen molar-refractivity contribution in [3.8, 4) is 0 Å². The Balaban J connectivity index is 0.00000225. The Morgan fingerprint density at radius 2 is 2.04 bits per heavy atom. The summed E-state index contributed by atoms with van der Waals surface area (Å²) in [4.78, 5) is 6.35. The van der Waals surface area contributed by atoms with Gasteiger partial charge in [0.1, 0.15) is 11.6 Å². The molecule has 0 radical (unpaired) electrons. The molecule has 2 heterocycles. The quantitative estimate of drug-likeness (QED) is 0.833. The van der Waals surface area contributed by atoms with E-state index in [-0.39, 0.29) is 25.0 Å². The van der Waals surface area contributed by atoms with Crippen LogP contribution in [0.25, 0.3) is 0 Å². The summed E-state index contributed by atoms with van der Waals surface area (Å²) in [7, 11) is 1.87. The largest absolute Gasteiger partial charge is 0.416 e. The molecule has 138 valence electrons. The van der Waals surface area contributed by atoms with Gasteiger partial charge in [0, 0.05) is 45.6 Å². The lowest BCUT2D eigenvalue weighted by Crippen LogP contribution is -2.46. The van der Waals surface area contributed by atoms with E-state index in [1.165, 1.54) is 0 Å². The average molecular weight is 379 g/mol. The minimum Gasteiger partial charge on any atom is -0.337 e. The molecule has 2 aromatic rings. The number of piperazine rings is 1. The second-order valence-corrected chi connectivity index (χ2v) is 5.93. The van der Waals surface area contributed by atoms with E-state index in [0.717, 1.165) is 24.5 Å². The molecule has 9 heteroatoms. The topological polar surface area (TPSA) is 33.1 Å². The number of halogens is 5. The van der Waals surface area contributed by atoms with E-state index in [1.807, 2.05) is 22.7 Å². The Hall–Kier alpha value is -1.64. The van der Waals surface area contributed by atoms with Crippen LogP contribution in [0.4, 0.5) is 17.6 Å². The standard InChI is InChI=1S/C16H18F4N4.ClH/c1-23-4-3-22-15(23)14-9-21-2-5-24(14)10-11-6-12(16(18,19)20)8-13(17)7-11;/h3-4,6-8,14,21H,2,5,9-10H2,1H3;1H. The molecule has 1 fully saturated rings. The van der Waals surface area contributed by atoms with Crippen LogP contribution in [0, 0.1) is 5.82 Å². The first-order valence-corrected chi connectivity index (χ1v) is 7.63. The Kier molecular flexibility index (Phi) is 6.08. The summed E-state index contributed by atoms with van der Waals surface area (Å²) < 4.78 is 54.1. The van der Waals surface area contributed by atoms with Gasteiger partial charge in [-0.2, -0.15) is 13.2 Å². The molecule has 0 amide bonds. The molecule has 0 bridgehead atoms. The predicted octanol–water partition coefficient (Wildman–Crippen LogP) is 3.15. The number of hydrogen-bond acceptors (Lipinski definition) is 3. The Morgan fingerprint density at radius 1 is 1.28 bits per heavy atom. The maximum atomic E-state index is 13.6. The van der Waals surface area contributed by atoms with Gasteiger partial charge in [0.25, 0.3) is 0 Å². The number of aryl methyl sites for hydroxylation is 1. The number of rotatable bonds is 3. The lowest BCUT2D eigenvalue weighted by atomic mass is 10.1. The van der Waals surface area contributed by atoms with Crippen LogP contribution in [0.1, 0.15) is 23.0 Å². The zero-order valence-corrected chi connectivity index (χ0v) is 14.4. The number of aromatic nitrogens is 2. The predicted molar refractivity (Wildman–Crippen MR) is 87.9 cm³/mol. The highest BCUT2D eigenvalue weighted by molar-refractivity contribution is 5.85. The van der Waals surface area contributed by atoms with Crippen LogP contribution in [0.5, 0.6) is 0 Å². The molecule has 0 aliphatic carbocycles. The Bertz CT molecular complexity index is 716. The van der Waals surface area contributed by atoms with Crippen LogP contribution in [-0.4, -0.2) is 34.1 Å². The van der Waals surface area contributed by atoms with E-state index >= 15 is 0 Å². The third-order valence-electron chi connectivity index (χ3n) is 4.18. The second kappa shape index (κ2) is 7.72. The van der Waals surface area contributed by atoms with E-state index in [9.17, 15) is 17.6 Å². The van der Waals surface area contributed by atoms with Crippen molar-refractivity contribution in [2.24, 2.45) is 7.05 Å². The SMILES string of the molecule is Cl.Cn1ccnc1C1CNCCN1Cc1cc(F)cc(C(F)(F)F)c1. The van der Waals surface area contributed by atoms with Gasteiger partial charge in [0.05, 0.1) is 11.6 Å². The monoisotopic (exact) mass is 378 g/mol. The number of imidazole rings is 1. The normalized spacial score (nSPS) is 18.8. The summed E-state index contributed by atoms with van der Waals surface area (Å²) in [5, 5.41) is 3.26. The first kappa shape index (κ1) is 19.7. The van der Waals surface area contributed by atoms with E-state index in [4.69, 9.17) is 0 Å². The van der Waals surface area contributed by atoms with Gasteiger partial charge >= 0.3 is 6.18 Å². The van der Waals surface area contributed by atoms with Crippen molar-refractivity contribution in [2.75, 3.05) is 19.6 Å². The van der Waals surface area contributed by atoms with Crippen molar-refractivity contribution in [3.05, 3.63) is 53.4 Å². The number of nitrogens with zero attached hydrogens (tertiary/aromatic N) is 3. The zero-order chi connectivity index (χ0) is 17.3. The van der Waals surface area contributed by atoms with Crippen LogP contribution >= 0.6 is 12.4 Å². The van der Waals surface area contributed by atoms with Crippen molar-refractivity contribution in [3.63, 3.8) is 0 Å². The molecule has 0 saturated carbocycles. The molecule has 25 heavy (non-hydrogen) atoms. The van der Waals surface area contributed by atoms with Gasteiger partial charge in [0.2, 0.25) is 0 Å². The van der Waals surface area contributed by atoms with Gasteiger partial charge in [-0.05, 0) is 23.8 Å². The number of benzene rings is 1. The molecular weight excluding hydrogens is 360 g/mol. The first-order chi connectivity index (χ1) is 11.3. The molecule has 1 aromatic heterocycles. The van der Waals surface area contributed by atoms with Crippen molar-refractivity contribution in [2.45, 2.75) is 18.8 Å². The summed E-state index contributed by atoms with van der Waals surface area (Å²) in [5.74, 6) is -0.0434. The van der Waals surface area contributed by atoms with Gasteiger partial charge in [-0.15, -0.1) is 12.4 Å². The molecule has 4 nitrogen and oxygen atoms in total. The molecular formula is C16H19ClF4N4. The third kappa shape index (κ3) is 4.50. The summed E-state index contributed by atoms with van der Waals surface area (Å²) >= 11 is 0. The number of alkyl halides is 3. The van der Waals surface area contributed by atoms with E-state index < -0.39 is 17.6 Å². The molecule has 0 spiro atoms. The van der Waals surface area contributed by atoms with Gasteiger partial charge < -0.3 is 9.88 Å². The zero-order valence-electron chi connectivity index (χ0n) is 13.6. The van der Waals surface area contributed by atoms with Crippen LogP contribution in [0.15, 0.2) is 30.6 Å². The lowest BCUT2D eigenvalue weighted by Gasteiger charge is -2.35. The van der Waals surface area contributed by atoms with E-state index in [1.54, 1.807) is 6.20 Å². The number of hydrogen-bond donors (Lipinski definition) is 1. The maximum absolute atomic E-state index is 13.6. The van der Waals surface area contributed by atoms with Crippen LogP contribution in [0.3, 0.4) is 0 Å². The molecule has 1 saturated heterocycles. The highest BCUT2D eigenvalue weighted by Crippen LogP contribution is 2.31. The Labute approximate surface area is 149 Å². The van der Waals surface area contributed by atoms with Crippen molar-refractivity contribution in [1.82, 2.24) is 19.8 Å². The fourth-order valence-corrected chi connectivity index (χ4v) is 3.03. The van der Waals surface area contributed by atoms with Gasteiger partial charge in [-0.25, -0.2) is 9.37 Å². The summed E-state index contributed by atoms with van der Waals surface area (Å²) in [5.41, 5.74) is -0.649. The molecule has 1 atom stereocenters. The van der Waals surface area contributed by atoms with Gasteiger partial charge in [-0.1, -0.05) is 0 Å². The molecule has 1 aliphatic rings. The smallest absolute Gasteiger partial charge is 0.337 e. The average Bonchev–Trinajstić information content (AvgIpc) is 2.92. The first-order valence-electron chi connectivity index (χ1n) is 7.63. The van der Waals surface area contributed by atoms with Gasteiger partial charge in [0.15, 0.2) is 0 Å². The number of nitrogens with one attached hydrogen (secondary N) is 1. The summed E-state index contributed by atoms with van der Waals surface area (Å²) in [6.45, 7) is 2.25. The van der Waals surface area contributed by atoms with Crippen LogP contribution in [0.2, 0.25) is 0 Å². The fraction of sp³-hybridized carbons (Fsp3) is 0.438. The molecule has 1 aromatic carbocycles. The van der Waals surface area contributed by atoms with Crippen molar-refractivity contribution in [1.29, 1.82) is 0 Å². The molecule has 1 N–H and O–H groups in total. The molecule has 1 aliphatic heterocycles. The minimum absolute atomic E-state index is 0. The lowest BCUT2D eigenvalue weighted by molar-refractivity contribution is -0.137. The van der Waals surface area contributed by atoms with Gasteiger partial charge in [-0.3, -0.25) is 4.90 Å². The second-order valence-electron chi connectivity index (χ2n) is 5.93. The molecule has 3 rings (SSSR count). The highest BCUT2D eigenvalue weighted by atomic mass is 35.5.